The van der Waals surface area contributed by atoms with Gasteiger partial charge in [-0.1, -0.05) is 24.3 Å². The summed E-state index contributed by atoms with van der Waals surface area (Å²) in [7, 11) is 0. The van der Waals surface area contributed by atoms with Crippen molar-refractivity contribution in [3.8, 4) is 0 Å². The summed E-state index contributed by atoms with van der Waals surface area (Å²) in [6, 6.07) is 7.46. The molecule has 5 nitrogen and oxygen atoms in total. The van der Waals surface area contributed by atoms with Crippen molar-refractivity contribution in [3.63, 3.8) is 0 Å². The van der Waals surface area contributed by atoms with Crippen molar-refractivity contribution in [2.75, 3.05) is 5.32 Å². The number of fused-ring (bicyclic) bond motifs is 1. The van der Waals surface area contributed by atoms with E-state index in [0.29, 0.717) is 12.1 Å². The molecule has 0 amide bonds. The number of aromatic nitrogens is 3. The molecule has 100 valence electrons. The number of carbonyl (C=O) groups is 1. The van der Waals surface area contributed by atoms with Gasteiger partial charge in [-0.2, -0.15) is 0 Å². The van der Waals surface area contributed by atoms with Crippen LogP contribution in [0, 0.1) is 6.92 Å². The number of nitrogens with zero attached hydrogens (tertiary/aromatic N) is 3. The minimum absolute atomic E-state index is 0.637. The van der Waals surface area contributed by atoms with Crippen LogP contribution in [0.2, 0.25) is 0 Å². The van der Waals surface area contributed by atoms with Gasteiger partial charge in [0.2, 0.25) is 0 Å². The summed E-state index contributed by atoms with van der Waals surface area (Å²) in [6.07, 6.45) is 6.30. The first-order valence-corrected chi connectivity index (χ1v) is 6.34. The second-order valence-corrected chi connectivity index (χ2v) is 4.58. The predicted octanol–water partition coefficient (Wildman–Crippen LogP) is 2.46. The van der Waals surface area contributed by atoms with Crippen LogP contribution < -0.4 is 5.32 Å². The molecule has 1 aromatic carbocycles. The molecule has 0 aliphatic carbocycles. The minimum Gasteiger partial charge on any atom is -0.363 e. The lowest BCUT2D eigenvalue weighted by atomic mass is 10.1. The van der Waals surface area contributed by atoms with E-state index in [1.165, 1.54) is 0 Å². The van der Waals surface area contributed by atoms with Gasteiger partial charge in [-0.25, -0.2) is 9.97 Å². The van der Waals surface area contributed by atoms with E-state index in [1.807, 2.05) is 35.9 Å². The first-order valence-electron chi connectivity index (χ1n) is 6.34. The van der Waals surface area contributed by atoms with Gasteiger partial charge in [0.15, 0.2) is 11.5 Å². The third-order valence-corrected chi connectivity index (χ3v) is 3.19. The van der Waals surface area contributed by atoms with Crippen LogP contribution in [-0.4, -0.2) is 20.7 Å². The molecule has 0 aliphatic rings. The van der Waals surface area contributed by atoms with E-state index in [9.17, 15) is 4.79 Å². The maximum Gasteiger partial charge on any atom is 0.180 e. The molecule has 0 atom stereocenters. The number of nitrogens with one attached hydrogen (secondary N) is 1. The Hall–Kier alpha value is -2.69. The third-order valence-electron chi connectivity index (χ3n) is 3.19. The highest BCUT2D eigenvalue weighted by Crippen LogP contribution is 2.14. The molecule has 0 aliphatic heterocycles. The SMILES string of the molecule is Cc1cnc2c(NCc3ccc(C=O)cc3)nccn12. The van der Waals surface area contributed by atoms with E-state index in [0.717, 1.165) is 29.0 Å². The van der Waals surface area contributed by atoms with Crippen molar-refractivity contribution in [2.24, 2.45) is 0 Å². The minimum atomic E-state index is 0.637. The molecule has 0 spiro atoms. The van der Waals surface area contributed by atoms with Gasteiger partial charge in [-0.15, -0.1) is 0 Å². The van der Waals surface area contributed by atoms with Gasteiger partial charge in [0, 0.05) is 36.4 Å². The van der Waals surface area contributed by atoms with Crippen LogP contribution in [0.1, 0.15) is 21.6 Å². The Kier molecular flexibility index (Phi) is 3.16. The monoisotopic (exact) mass is 266 g/mol. The number of rotatable bonds is 4. The highest BCUT2D eigenvalue weighted by atomic mass is 16.1. The number of anilines is 1. The van der Waals surface area contributed by atoms with Gasteiger partial charge < -0.3 is 5.32 Å². The molecule has 0 bridgehead atoms. The van der Waals surface area contributed by atoms with E-state index < -0.39 is 0 Å². The Morgan fingerprint density at radius 2 is 2.05 bits per heavy atom. The molecule has 2 aromatic heterocycles. The predicted molar refractivity (Wildman–Crippen MR) is 76.9 cm³/mol. The molecule has 3 aromatic rings. The fraction of sp³-hybridized carbons (Fsp3) is 0.133. The zero-order chi connectivity index (χ0) is 13.9. The van der Waals surface area contributed by atoms with Crippen molar-refractivity contribution in [3.05, 3.63) is 59.7 Å². The van der Waals surface area contributed by atoms with E-state index in [1.54, 1.807) is 18.3 Å². The summed E-state index contributed by atoms with van der Waals surface area (Å²) in [5.74, 6) is 0.750. The van der Waals surface area contributed by atoms with Crippen molar-refractivity contribution in [1.82, 2.24) is 14.4 Å². The van der Waals surface area contributed by atoms with E-state index in [4.69, 9.17) is 0 Å². The molecular formula is C15H14N4O. The van der Waals surface area contributed by atoms with Gasteiger partial charge in [-0.3, -0.25) is 9.20 Å². The van der Waals surface area contributed by atoms with Crippen LogP contribution in [0.3, 0.4) is 0 Å². The van der Waals surface area contributed by atoms with Crippen LogP contribution in [0.4, 0.5) is 5.82 Å². The van der Waals surface area contributed by atoms with Gasteiger partial charge >= 0.3 is 0 Å². The lowest BCUT2D eigenvalue weighted by Gasteiger charge is -2.07. The van der Waals surface area contributed by atoms with Gasteiger partial charge in [0.25, 0.3) is 0 Å². The number of carbonyl (C=O) groups excluding carboxylic acids is 1. The van der Waals surface area contributed by atoms with Crippen molar-refractivity contribution >= 4 is 17.8 Å². The maximum atomic E-state index is 10.6. The first kappa shape index (κ1) is 12.3. The average Bonchev–Trinajstić information content (AvgIpc) is 2.88. The Morgan fingerprint density at radius 3 is 2.80 bits per heavy atom. The lowest BCUT2D eigenvalue weighted by Crippen LogP contribution is -2.04. The number of hydrogen-bond acceptors (Lipinski definition) is 4. The van der Waals surface area contributed by atoms with Crippen LogP contribution in [0.25, 0.3) is 5.65 Å². The summed E-state index contributed by atoms with van der Waals surface area (Å²) in [5.41, 5.74) is 3.65. The van der Waals surface area contributed by atoms with Gasteiger partial charge in [0.1, 0.15) is 6.29 Å². The summed E-state index contributed by atoms with van der Waals surface area (Å²) < 4.78 is 1.99. The first-order chi connectivity index (χ1) is 9.78. The molecule has 0 unspecified atom stereocenters. The molecule has 2 heterocycles. The van der Waals surface area contributed by atoms with Gasteiger partial charge in [-0.05, 0) is 12.5 Å². The lowest BCUT2D eigenvalue weighted by molar-refractivity contribution is 0.112. The zero-order valence-corrected chi connectivity index (χ0v) is 11.1. The van der Waals surface area contributed by atoms with E-state index in [2.05, 4.69) is 15.3 Å². The molecule has 0 fully saturated rings. The van der Waals surface area contributed by atoms with Crippen LogP contribution in [0.5, 0.6) is 0 Å². The van der Waals surface area contributed by atoms with Crippen molar-refractivity contribution < 1.29 is 4.79 Å². The molecule has 3 rings (SSSR count). The number of aryl methyl sites for hydroxylation is 1. The van der Waals surface area contributed by atoms with Gasteiger partial charge in [0.05, 0.1) is 0 Å². The van der Waals surface area contributed by atoms with E-state index >= 15 is 0 Å². The maximum absolute atomic E-state index is 10.6. The number of hydrogen-bond donors (Lipinski definition) is 1. The molecule has 5 heteroatoms. The van der Waals surface area contributed by atoms with Crippen LogP contribution in [-0.2, 0) is 6.54 Å². The molecule has 0 saturated carbocycles. The summed E-state index contributed by atoms with van der Waals surface area (Å²) in [6.45, 7) is 2.64. The Labute approximate surface area is 116 Å². The number of imidazole rings is 1. The molecular weight excluding hydrogens is 252 g/mol. The van der Waals surface area contributed by atoms with Crippen molar-refractivity contribution in [1.29, 1.82) is 0 Å². The summed E-state index contributed by atoms with van der Waals surface area (Å²) in [4.78, 5) is 19.3. The Bertz CT molecular complexity index is 746. The van der Waals surface area contributed by atoms with Crippen molar-refractivity contribution in [2.45, 2.75) is 13.5 Å². The molecule has 20 heavy (non-hydrogen) atoms. The largest absolute Gasteiger partial charge is 0.363 e. The highest BCUT2D eigenvalue weighted by molar-refractivity contribution is 5.74. The highest BCUT2D eigenvalue weighted by Gasteiger charge is 2.05. The fourth-order valence-corrected chi connectivity index (χ4v) is 2.07. The normalized spacial score (nSPS) is 10.7. The zero-order valence-electron chi connectivity index (χ0n) is 11.1. The molecule has 1 N–H and O–H groups in total. The second kappa shape index (κ2) is 5.13. The topological polar surface area (TPSA) is 59.3 Å². The fourth-order valence-electron chi connectivity index (χ4n) is 2.07. The quantitative estimate of drug-likeness (QED) is 0.737. The van der Waals surface area contributed by atoms with E-state index in [-0.39, 0.29) is 0 Å². The average molecular weight is 266 g/mol. The smallest absolute Gasteiger partial charge is 0.180 e. The van der Waals surface area contributed by atoms with Crippen LogP contribution >= 0.6 is 0 Å². The standard InChI is InChI=1S/C15H14N4O/c1-11-8-18-15-14(16-6-7-19(11)15)17-9-12-2-4-13(10-20)5-3-12/h2-8,10H,9H2,1H3,(H,16,17). The second-order valence-electron chi connectivity index (χ2n) is 4.58. The Morgan fingerprint density at radius 1 is 1.25 bits per heavy atom. The number of benzene rings is 1. The van der Waals surface area contributed by atoms with Crippen LogP contribution in [0.15, 0.2) is 42.9 Å². The Balaban J connectivity index is 1.81. The third kappa shape index (κ3) is 2.25. The number of aldehydes is 1. The summed E-state index contributed by atoms with van der Waals surface area (Å²) in [5, 5.41) is 3.27. The molecule has 0 saturated heterocycles. The summed E-state index contributed by atoms with van der Waals surface area (Å²) >= 11 is 0. The molecule has 0 radical (unpaired) electrons.